The Balaban J connectivity index is 1.99. The third-order valence-electron chi connectivity index (χ3n) is 2.89. The number of carbonyl (C=O) groups is 1. The van der Waals surface area contributed by atoms with Crippen LogP contribution in [0.4, 0.5) is 0 Å². The van der Waals surface area contributed by atoms with Crippen LogP contribution in [0, 0.1) is 0 Å². The van der Waals surface area contributed by atoms with Crippen molar-refractivity contribution in [3.8, 4) is 0 Å². The van der Waals surface area contributed by atoms with Crippen LogP contribution < -0.4 is 0 Å². The van der Waals surface area contributed by atoms with Gasteiger partial charge in [-0.25, -0.2) is 9.78 Å². The van der Waals surface area contributed by atoms with Gasteiger partial charge in [0.2, 0.25) is 0 Å². The average Bonchev–Trinajstić information content (AvgIpc) is 2.82. The second-order valence-electron chi connectivity index (χ2n) is 4.19. The van der Waals surface area contributed by atoms with Crippen molar-refractivity contribution in [3.05, 3.63) is 59.9 Å². The van der Waals surface area contributed by atoms with E-state index >= 15 is 0 Å². The molecule has 0 aliphatic rings. The van der Waals surface area contributed by atoms with Gasteiger partial charge in [-0.3, -0.25) is 4.68 Å². The molecule has 0 atom stereocenters. The second kappa shape index (κ2) is 4.53. The predicted octanol–water partition coefficient (Wildman–Crippen LogP) is 2.18. The van der Waals surface area contributed by atoms with Crippen molar-refractivity contribution in [2.75, 3.05) is 0 Å². The number of aromatic nitrogens is 3. The molecule has 5 nitrogen and oxygen atoms in total. The quantitative estimate of drug-likeness (QED) is 0.776. The first-order valence-corrected chi connectivity index (χ1v) is 5.84. The number of carboxylic acids is 1. The zero-order chi connectivity index (χ0) is 13.2. The molecule has 0 bridgehead atoms. The van der Waals surface area contributed by atoms with Crippen LogP contribution >= 0.6 is 0 Å². The molecule has 0 radical (unpaired) electrons. The highest BCUT2D eigenvalue weighted by Crippen LogP contribution is 2.14. The summed E-state index contributed by atoms with van der Waals surface area (Å²) in [6, 6.07) is 13.2. The van der Waals surface area contributed by atoms with Crippen LogP contribution in [0.1, 0.15) is 16.1 Å². The SMILES string of the molecule is O=C(O)c1ccc2c(cnn2Cc2ccccc2)n1. The Morgan fingerprint density at radius 2 is 1.95 bits per heavy atom. The molecule has 0 saturated carbocycles. The molecule has 0 aliphatic carbocycles. The van der Waals surface area contributed by atoms with E-state index in [1.165, 1.54) is 6.07 Å². The van der Waals surface area contributed by atoms with Gasteiger partial charge in [0, 0.05) is 0 Å². The molecule has 3 aromatic rings. The molecule has 0 amide bonds. The Hall–Kier alpha value is -2.69. The Morgan fingerprint density at radius 1 is 1.16 bits per heavy atom. The molecule has 0 aliphatic heterocycles. The average molecular weight is 253 g/mol. The fourth-order valence-electron chi connectivity index (χ4n) is 1.97. The summed E-state index contributed by atoms with van der Waals surface area (Å²) in [5, 5.41) is 13.1. The van der Waals surface area contributed by atoms with Crippen LogP contribution in [0.15, 0.2) is 48.7 Å². The van der Waals surface area contributed by atoms with Crippen molar-refractivity contribution in [1.29, 1.82) is 0 Å². The lowest BCUT2D eigenvalue weighted by atomic mass is 10.2. The minimum absolute atomic E-state index is 0.0340. The second-order valence-corrected chi connectivity index (χ2v) is 4.19. The summed E-state index contributed by atoms with van der Waals surface area (Å²) >= 11 is 0. The maximum Gasteiger partial charge on any atom is 0.354 e. The van der Waals surface area contributed by atoms with Crippen molar-refractivity contribution >= 4 is 17.0 Å². The van der Waals surface area contributed by atoms with E-state index in [1.807, 2.05) is 35.0 Å². The Bertz CT molecular complexity index is 735. The van der Waals surface area contributed by atoms with Gasteiger partial charge in [0.1, 0.15) is 11.2 Å². The van der Waals surface area contributed by atoms with E-state index in [4.69, 9.17) is 5.11 Å². The third kappa shape index (κ3) is 2.18. The normalized spacial score (nSPS) is 10.7. The number of fused-ring (bicyclic) bond motifs is 1. The topological polar surface area (TPSA) is 68.0 Å². The van der Waals surface area contributed by atoms with E-state index < -0.39 is 5.97 Å². The van der Waals surface area contributed by atoms with Gasteiger partial charge >= 0.3 is 5.97 Å². The fraction of sp³-hybridized carbons (Fsp3) is 0.0714. The summed E-state index contributed by atoms with van der Waals surface area (Å²) in [5.74, 6) is -1.03. The van der Waals surface area contributed by atoms with E-state index in [9.17, 15) is 4.79 Å². The molecule has 0 saturated heterocycles. The third-order valence-corrected chi connectivity index (χ3v) is 2.89. The summed E-state index contributed by atoms with van der Waals surface area (Å²) in [7, 11) is 0. The number of hydrogen-bond acceptors (Lipinski definition) is 3. The summed E-state index contributed by atoms with van der Waals surface area (Å²) in [4.78, 5) is 14.9. The van der Waals surface area contributed by atoms with Crippen molar-refractivity contribution in [2.45, 2.75) is 6.54 Å². The first-order valence-electron chi connectivity index (χ1n) is 5.84. The molecule has 19 heavy (non-hydrogen) atoms. The van der Waals surface area contributed by atoms with E-state index in [-0.39, 0.29) is 5.69 Å². The number of hydrogen-bond donors (Lipinski definition) is 1. The van der Waals surface area contributed by atoms with Gasteiger partial charge in [-0.1, -0.05) is 30.3 Å². The van der Waals surface area contributed by atoms with Gasteiger partial charge in [-0.05, 0) is 17.7 Å². The van der Waals surface area contributed by atoms with Crippen molar-refractivity contribution in [1.82, 2.24) is 14.8 Å². The molecular formula is C14H11N3O2. The lowest BCUT2D eigenvalue weighted by Crippen LogP contribution is -2.02. The standard InChI is InChI=1S/C14H11N3O2/c18-14(19)11-6-7-13-12(16-11)8-15-17(13)9-10-4-2-1-3-5-10/h1-8H,9H2,(H,18,19). The van der Waals surface area contributed by atoms with Crippen LogP contribution in [-0.4, -0.2) is 25.8 Å². The summed E-state index contributed by atoms with van der Waals surface area (Å²) < 4.78 is 1.81. The van der Waals surface area contributed by atoms with Crippen molar-refractivity contribution in [3.63, 3.8) is 0 Å². The smallest absolute Gasteiger partial charge is 0.354 e. The van der Waals surface area contributed by atoms with Crippen molar-refractivity contribution in [2.24, 2.45) is 0 Å². The van der Waals surface area contributed by atoms with Gasteiger partial charge in [0.25, 0.3) is 0 Å². The van der Waals surface area contributed by atoms with Gasteiger partial charge in [0.15, 0.2) is 0 Å². The zero-order valence-electron chi connectivity index (χ0n) is 10.0. The molecule has 0 unspecified atom stereocenters. The highest BCUT2D eigenvalue weighted by Gasteiger charge is 2.09. The summed E-state index contributed by atoms with van der Waals surface area (Å²) in [6.07, 6.45) is 1.59. The van der Waals surface area contributed by atoms with Gasteiger partial charge in [-0.15, -0.1) is 0 Å². The molecule has 0 fully saturated rings. The van der Waals surface area contributed by atoms with Crippen LogP contribution in [-0.2, 0) is 6.54 Å². The fourth-order valence-corrected chi connectivity index (χ4v) is 1.97. The Labute approximate surface area is 109 Å². The summed E-state index contributed by atoms with van der Waals surface area (Å²) in [6.45, 7) is 0.637. The van der Waals surface area contributed by atoms with E-state index in [0.29, 0.717) is 12.1 Å². The van der Waals surface area contributed by atoms with Crippen LogP contribution in [0.25, 0.3) is 11.0 Å². The number of aromatic carboxylic acids is 1. The molecular weight excluding hydrogens is 242 g/mol. The highest BCUT2D eigenvalue weighted by atomic mass is 16.4. The van der Waals surface area contributed by atoms with Crippen LogP contribution in [0.5, 0.6) is 0 Å². The highest BCUT2D eigenvalue weighted by molar-refractivity contribution is 5.88. The zero-order valence-corrected chi connectivity index (χ0v) is 10.0. The van der Waals surface area contributed by atoms with Crippen LogP contribution in [0.2, 0.25) is 0 Å². The number of pyridine rings is 1. The predicted molar refractivity (Wildman–Crippen MR) is 70.0 cm³/mol. The Morgan fingerprint density at radius 3 is 2.68 bits per heavy atom. The maximum atomic E-state index is 10.9. The summed E-state index contributed by atoms with van der Waals surface area (Å²) in [5.41, 5.74) is 2.59. The van der Waals surface area contributed by atoms with Gasteiger partial charge in [0.05, 0.1) is 18.3 Å². The molecule has 94 valence electrons. The number of benzene rings is 1. The molecule has 0 spiro atoms. The number of carboxylic acid groups (broad SMARTS) is 1. The van der Waals surface area contributed by atoms with Crippen LogP contribution in [0.3, 0.4) is 0 Å². The number of nitrogens with zero attached hydrogens (tertiary/aromatic N) is 3. The molecule has 3 rings (SSSR count). The van der Waals surface area contributed by atoms with E-state index in [2.05, 4.69) is 10.1 Å². The van der Waals surface area contributed by atoms with E-state index in [1.54, 1.807) is 12.3 Å². The lowest BCUT2D eigenvalue weighted by molar-refractivity contribution is 0.0691. The molecule has 5 heteroatoms. The van der Waals surface area contributed by atoms with Gasteiger partial charge < -0.3 is 5.11 Å². The van der Waals surface area contributed by atoms with Gasteiger partial charge in [-0.2, -0.15) is 5.10 Å². The lowest BCUT2D eigenvalue weighted by Gasteiger charge is -2.03. The monoisotopic (exact) mass is 253 g/mol. The molecule has 1 N–H and O–H groups in total. The largest absolute Gasteiger partial charge is 0.477 e. The molecule has 2 aromatic heterocycles. The first kappa shape index (κ1) is 11.4. The number of rotatable bonds is 3. The molecule has 1 aromatic carbocycles. The van der Waals surface area contributed by atoms with E-state index in [0.717, 1.165) is 11.1 Å². The maximum absolute atomic E-state index is 10.9. The molecule has 2 heterocycles. The minimum atomic E-state index is -1.03. The van der Waals surface area contributed by atoms with Crippen molar-refractivity contribution < 1.29 is 9.90 Å². The minimum Gasteiger partial charge on any atom is -0.477 e. The Kier molecular flexibility index (Phi) is 2.72. The first-order chi connectivity index (χ1) is 9.24.